The topological polar surface area (TPSA) is 18.5 Å². The molecule has 0 aliphatic heterocycles. The van der Waals surface area contributed by atoms with E-state index < -0.39 is 0 Å². The molecule has 0 fully saturated rings. The summed E-state index contributed by atoms with van der Waals surface area (Å²) < 4.78 is 10.9. The van der Waals surface area contributed by atoms with Crippen molar-refractivity contribution in [3.63, 3.8) is 0 Å². The molecule has 0 saturated heterocycles. The van der Waals surface area contributed by atoms with E-state index in [2.05, 4.69) is 26.0 Å². The molecular weight excluding hydrogens is 236 g/mol. The van der Waals surface area contributed by atoms with E-state index in [0.29, 0.717) is 12.5 Å². The van der Waals surface area contributed by atoms with Crippen LogP contribution in [0, 0.1) is 0 Å². The van der Waals surface area contributed by atoms with Gasteiger partial charge >= 0.3 is 0 Å². The summed E-state index contributed by atoms with van der Waals surface area (Å²) in [5.41, 5.74) is 2.46. The van der Waals surface area contributed by atoms with E-state index in [0.717, 1.165) is 17.1 Å². The van der Waals surface area contributed by atoms with Gasteiger partial charge in [0.1, 0.15) is 18.1 Å². The summed E-state index contributed by atoms with van der Waals surface area (Å²) in [5, 5.41) is 0. The Labute approximate surface area is 115 Å². The molecule has 0 heterocycles. The predicted octanol–water partition coefficient (Wildman–Crippen LogP) is 4.40. The lowest BCUT2D eigenvalue weighted by Crippen LogP contribution is -1.96. The van der Waals surface area contributed by atoms with E-state index in [4.69, 9.17) is 9.47 Å². The molecule has 0 aliphatic carbocycles. The zero-order chi connectivity index (χ0) is 13.7. The maximum atomic E-state index is 5.76. The number of benzene rings is 2. The zero-order valence-electron chi connectivity index (χ0n) is 11.7. The van der Waals surface area contributed by atoms with Crippen LogP contribution < -0.4 is 9.47 Å². The third-order valence-electron chi connectivity index (χ3n) is 3.11. The maximum absolute atomic E-state index is 5.76. The van der Waals surface area contributed by atoms with Crippen molar-refractivity contribution in [3.05, 3.63) is 59.7 Å². The van der Waals surface area contributed by atoms with Crippen LogP contribution in [0.1, 0.15) is 30.9 Å². The molecule has 0 aliphatic rings. The molecule has 2 heteroatoms. The molecule has 100 valence electrons. The molecule has 0 N–H and O–H groups in total. The van der Waals surface area contributed by atoms with Crippen molar-refractivity contribution < 1.29 is 9.47 Å². The van der Waals surface area contributed by atoms with Gasteiger partial charge in [-0.1, -0.05) is 38.1 Å². The third kappa shape index (κ3) is 3.75. The predicted molar refractivity (Wildman–Crippen MR) is 77.9 cm³/mol. The second kappa shape index (κ2) is 6.28. The van der Waals surface area contributed by atoms with Gasteiger partial charge in [0.15, 0.2) is 0 Å². The molecule has 2 aromatic rings. The van der Waals surface area contributed by atoms with E-state index in [9.17, 15) is 0 Å². The van der Waals surface area contributed by atoms with Crippen LogP contribution in [0.5, 0.6) is 11.5 Å². The van der Waals surface area contributed by atoms with Crippen molar-refractivity contribution in [2.24, 2.45) is 0 Å². The smallest absolute Gasteiger partial charge is 0.119 e. The fraction of sp³-hybridized carbons (Fsp3) is 0.294. The minimum atomic E-state index is 0.552. The van der Waals surface area contributed by atoms with Crippen LogP contribution in [0.2, 0.25) is 0 Å². The zero-order valence-corrected chi connectivity index (χ0v) is 11.7. The van der Waals surface area contributed by atoms with E-state index in [1.165, 1.54) is 5.56 Å². The quantitative estimate of drug-likeness (QED) is 0.789. The number of methoxy groups -OCH3 is 1. The molecule has 0 aromatic heterocycles. The lowest BCUT2D eigenvalue weighted by molar-refractivity contribution is 0.306. The van der Waals surface area contributed by atoms with E-state index in [1.54, 1.807) is 7.11 Å². The number of rotatable bonds is 5. The second-order valence-electron chi connectivity index (χ2n) is 4.86. The standard InChI is InChI=1S/C17H20O2/c1-13(2)15-6-10-17(11-7-15)19-12-14-4-8-16(18-3)9-5-14/h4-11,13H,12H2,1-3H3. The summed E-state index contributed by atoms with van der Waals surface area (Å²) in [4.78, 5) is 0. The van der Waals surface area contributed by atoms with Crippen molar-refractivity contribution in [3.8, 4) is 11.5 Å². The number of hydrogen-bond acceptors (Lipinski definition) is 2. The van der Waals surface area contributed by atoms with Gasteiger partial charge in [0.05, 0.1) is 7.11 Å². The van der Waals surface area contributed by atoms with E-state index >= 15 is 0 Å². The monoisotopic (exact) mass is 256 g/mol. The highest BCUT2D eigenvalue weighted by molar-refractivity contribution is 5.30. The molecule has 0 unspecified atom stereocenters. The minimum absolute atomic E-state index is 0.552. The highest BCUT2D eigenvalue weighted by Crippen LogP contribution is 2.20. The summed E-state index contributed by atoms with van der Waals surface area (Å²) in [6.45, 7) is 4.95. The van der Waals surface area contributed by atoms with Gasteiger partial charge in [0.2, 0.25) is 0 Å². The van der Waals surface area contributed by atoms with Crippen LogP contribution in [0.25, 0.3) is 0 Å². The first-order valence-electron chi connectivity index (χ1n) is 6.54. The van der Waals surface area contributed by atoms with Crippen molar-refractivity contribution in [1.82, 2.24) is 0 Å². The lowest BCUT2D eigenvalue weighted by atomic mass is 10.0. The van der Waals surface area contributed by atoms with Gasteiger partial charge in [-0.05, 0) is 41.3 Å². The molecule has 0 bridgehead atoms. The van der Waals surface area contributed by atoms with Crippen molar-refractivity contribution in [2.75, 3.05) is 7.11 Å². The van der Waals surface area contributed by atoms with Gasteiger partial charge in [0.25, 0.3) is 0 Å². The Morgan fingerprint density at radius 2 is 1.42 bits per heavy atom. The molecule has 19 heavy (non-hydrogen) atoms. The first-order chi connectivity index (χ1) is 9.19. The van der Waals surface area contributed by atoms with Gasteiger partial charge < -0.3 is 9.47 Å². The van der Waals surface area contributed by atoms with Crippen molar-refractivity contribution >= 4 is 0 Å². The maximum Gasteiger partial charge on any atom is 0.119 e. The van der Waals surface area contributed by atoms with Crippen molar-refractivity contribution in [2.45, 2.75) is 26.4 Å². The highest BCUT2D eigenvalue weighted by atomic mass is 16.5. The van der Waals surface area contributed by atoms with Crippen LogP contribution in [0.3, 0.4) is 0 Å². The average molecular weight is 256 g/mol. The molecule has 0 amide bonds. The fourth-order valence-corrected chi connectivity index (χ4v) is 1.84. The summed E-state index contributed by atoms with van der Waals surface area (Å²) in [6, 6.07) is 16.2. The molecule has 2 aromatic carbocycles. The Morgan fingerprint density at radius 1 is 0.842 bits per heavy atom. The first kappa shape index (κ1) is 13.5. The summed E-state index contributed by atoms with van der Waals surface area (Å²) >= 11 is 0. The van der Waals surface area contributed by atoms with Gasteiger partial charge in [-0.2, -0.15) is 0 Å². The molecular formula is C17H20O2. The van der Waals surface area contributed by atoms with Crippen LogP contribution in [0.4, 0.5) is 0 Å². The molecule has 0 spiro atoms. The Balaban J connectivity index is 1.94. The Morgan fingerprint density at radius 3 is 1.95 bits per heavy atom. The first-order valence-corrected chi connectivity index (χ1v) is 6.54. The largest absolute Gasteiger partial charge is 0.497 e. The van der Waals surface area contributed by atoms with Gasteiger partial charge in [-0.25, -0.2) is 0 Å². The Kier molecular flexibility index (Phi) is 4.45. The summed E-state index contributed by atoms with van der Waals surface area (Å²) in [6.07, 6.45) is 0. The average Bonchev–Trinajstić information content (AvgIpc) is 2.46. The highest BCUT2D eigenvalue weighted by Gasteiger charge is 2.00. The third-order valence-corrected chi connectivity index (χ3v) is 3.11. The van der Waals surface area contributed by atoms with E-state index in [1.807, 2.05) is 36.4 Å². The molecule has 0 radical (unpaired) electrons. The fourth-order valence-electron chi connectivity index (χ4n) is 1.84. The normalized spacial score (nSPS) is 10.5. The molecule has 0 atom stereocenters. The van der Waals surface area contributed by atoms with Crippen LogP contribution >= 0.6 is 0 Å². The van der Waals surface area contributed by atoms with Crippen LogP contribution in [0.15, 0.2) is 48.5 Å². The molecule has 2 rings (SSSR count). The Bertz CT molecular complexity index is 498. The van der Waals surface area contributed by atoms with Crippen LogP contribution in [-0.2, 0) is 6.61 Å². The van der Waals surface area contributed by atoms with Gasteiger partial charge in [-0.15, -0.1) is 0 Å². The van der Waals surface area contributed by atoms with E-state index in [-0.39, 0.29) is 0 Å². The number of hydrogen-bond donors (Lipinski definition) is 0. The Hall–Kier alpha value is -1.96. The summed E-state index contributed by atoms with van der Waals surface area (Å²) in [7, 11) is 1.67. The second-order valence-corrected chi connectivity index (χ2v) is 4.86. The van der Waals surface area contributed by atoms with Gasteiger partial charge in [-0.3, -0.25) is 0 Å². The van der Waals surface area contributed by atoms with Crippen LogP contribution in [-0.4, -0.2) is 7.11 Å². The SMILES string of the molecule is COc1ccc(COc2ccc(C(C)C)cc2)cc1. The number of ether oxygens (including phenoxy) is 2. The molecule has 0 saturated carbocycles. The molecule has 2 nitrogen and oxygen atoms in total. The summed E-state index contributed by atoms with van der Waals surface area (Å²) in [5.74, 6) is 2.32. The van der Waals surface area contributed by atoms with Gasteiger partial charge in [0, 0.05) is 0 Å². The minimum Gasteiger partial charge on any atom is -0.497 e. The van der Waals surface area contributed by atoms with Crippen molar-refractivity contribution in [1.29, 1.82) is 0 Å². The lowest BCUT2D eigenvalue weighted by Gasteiger charge is -2.09.